The lowest BCUT2D eigenvalue weighted by Gasteiger charge is -2.14. The topological polar surface area (TPSA) is 367 Å². The number of amides is 6. The molecule has 7 aromatic rings. The number of esters is 4. The van der Waals surface area contributed by atoms with Gasteiger partial charge in [0, 0.05) is 22.0 Å². The van der Waals surface area contributed by atoms with E-state index in [9.17, 15) is 53.5 Å². The molecule has 0 fully saturated rings. The maximum atomic E-state index is 14.8. The molecule has 0 spiro atoms. The number of nitrogens with one attached hydrogen (secondary N) is 6. The van der Waals surface area contributed by atoms with Gasteiger partial charge in [-0.05, 0) is 116 Å². The Morgan fingerprint density at radius 3 is 0.667 bits per heavy atom. The monoisotopic (exact) mass is 1680 g/mol. The molecule has 7 rings (SSSR count). The van der Waals surface area contributed by atoms with Crippen LogP contribution in [-0.4, -0.2) is 101 Å². The minimum Gasteiger partial charge on any atom is -0.462 e. The summed E-state index contributed by atoms with van der Waals surface area (Å²) >= 11 is 0. The Balaban J connectivity index is 1.14. The number of para-hydroxylation sites is 4. The van der Waals surface area contributed by atoms with Gasteiger partial charge in [-0.3, -0.25) is 28.8 Å². The molecule has 0 radical (unpaired) electrons. The zero-order chi connectivity index (χ0) is 87.9. The minimum atomic E-state index is -1.08. The van der Waals surface area contributed by atoms with E-state index in [0.717, 1.165) is 139 Å². The molecule has 0 saturated heterocycles. The molecule has 0 aliphatic carbocycles. The van der Waals surface area contributed by atoms with Crippen LogP contribution in [-0.2, 0) is 18.9 Å². The van der Waals surface area contributed by atoms with E-state index in [-0.39, 0.29) is 88.5 Å². The van der Waals surface area contributed by atoms with Crippen molar-refractivity contribution < 1.29 is 66.9 Å². The third-order valence-electron chi connectivity index (χ3n) is 21.0. The Labute approximate surface area is 725 Å². The zero-order valence-electron chi connectivity index (χ0n) is 72.7. The average Bonchev–Trinajstić information content (AvgIpc) is 0.811. The highest BCUT2D eigenvalue weighted by Crippen LogP contribution is 2.28. The number of carbonyl (C=O) groups is 10. The summed E-state index contributed by atoms with van der Waals surface area (Å²) in [7, 11) is 0. The van der Waals surface area contributed by atoms with Gasteiger partial charge in [0.2, 0.25) is 0 Å². The molecule has 0 aliphatic rings. The smallest absolute Gasteiger partial charge is 0.340 e. The second kappa shape index (κ2) is 58.4. The lowest BCUT2D eigenvalue weighted by molar-refractivity contribution is 0.0489. The SMILES string of the molecule is CCCCCCCCCCCCOC(=O)c1ccccc1NC(=O)c1cc(NC(=O)c2cc(N=[N+]=[N-])cc(C(=O)Nc3cc(C(=O)Nc4ccccc4C(=O)OCCCCCCCCCCCC)nc(C(=O)Nc4ccccc4C(=O)OCCCCCCCCCCCC)c3)n2)cc(C(=O)Nc2ccccc2C(=O)OCCCCCCCCCCCC)n1. The summed E-state index contributed by atoms with van der Waals surface area (Å²) in [5.74, 6) is -8.70. The Hall–Kier alpha value is -11.7. The van der Waals surface area contributed by atoms with Crippen molar-refractivity contribution in [3.8, 4) is 0 Å². The molecular weight excluding hydrogens is 1560 g/mol. The average molecular weight is 1690 g/mol. The first-order chi connectivity index (χ1) is 60.0. The number of nitrogens with zero attached hydrogens (tertiary/aromatic N) is 6. The minimum absolute atomic E-state index is 0.0291. The highest BCUT2D eigenvalue weighted by molar-refractivity contribution is 6.14. The van der Waals surface area contributed by atoms with Gasteiger partial charge in [-0.25, -0.2) is 34.1 Å². The Morgan fingerprint density at radius 2 is 0.455 bits per heavy atom. The van der Waals surface area contributed by atoms with Gasteiger partial charge in [-0.15, -0.1) is 0 Å². The van der Waals surface area contributed by atoms with E-state index in [2.05, 4.69) is 84.6 Å². The molecule has 0 atom stereocenters. The van der Waals surface area contributed by atoms with E-state index in [4.69, 9.17) is 18.9 Å². The molecule has 0 saturated carbocycles. The molecule has 660 valence electrons. The lowest BCUT2D eigenvalue weighted by atomic mass is 10.1. The number of aromatic nitrogens is 3. The summed E-state index contributed by atoms with van der Waals surface area (Å²) in [6.45, 7) is 9.37. The van der Waals surface area contributed by atoms with Crippen molar-refractivity contribution in [1.29, 1.82) is 0 Å². The van der Waals surface area contributed by atoms with Crippen LogP contribution >= 0.6 is 0 Å². The summed E-state index contributed by atoms with van der Waals surface area (Å²) in [5, 5.41) is 19.7. The van der Waals surface area contributed by atoms with Gasteiger partial charge >= 0.3 is 23.9 Å². The molecule has 6 amide bonds. The zero-order valence-corrected chi connectivity index (χ0v) is 72.7. The maximum absolute atomic E-state index is 14.8. The first-order valence-electron chi connectivity index (χ1n) is 45.1. The molecule has 4 aromatic carbocycles. The Morgan fingerprint density at radius 1 is 0.268 bits per heavy atom. The number of carbonyl (C=O) groups excluding carboxylic acids is 10. The van der Waals surface area contributed by atoms with E-state index < -0.39 is 93.5 Å². The lowest BCUT2D eigenvalue weighted by Crippen LogP contribution is -2.23. The molecule has 26 heteroatoms. The quantitative estimate of drug-likeness (QED) is 0.00515. The predicted molar refractivity (Wildman–Crippen MR) is 484 cm³/mol. The number of pyridine rings is 3. The van der Waals surface area contributed by atoms with Crippen molar-refractivity contribution in [2.75, 3.05) is 58.3 Å². The molecular formula is C97H128N12O14. The summed E-state index contributed by atoms with van der Waals surface area (Å²) in [5.41, 5.74) is 6.41. The fourth-order valence-electron chi connectivity index (χ4n) is 14.1. The maximum Gasteiger partial charge on any atom is 0.340 e. The number of hydrogen-bond acceptors (Lipinski definition) is 18. The summed E-state index contributed by atoms with van der Waals surface area (Å²) in [6, 6.07) is 31.4. The van der Waals surface area contributed by atoms with Crippen LogP contribution in [0, 0.1) is 0 Å². The van der Waals surface area contributed by atoms with Crippen LogP contribution in [0.4, 0.5) is 39.8 Å². The fourth-order valence-corrected chi connectivity index (χ4v) is 14.1. The van der Waals surface area contributed by atoms with Gasteiger partial charge < -0.3 is 50.8 Å². The van der Waals surface area contributed by atoms with E-state index in [1.165, 1.54) is 177 Å². The molecule has 0 unspecified atom stereocenters. The third kappa shape index (κ3) is 36.9. The van der Waals surface area contributed by atoms with E-state index >= 15 is 0 Å². The first kappa shape index (κ1) is 98.5. The van der Waals surface area contributed by atoms with Gasteiger partial charge in [0.15, 0.2) is 0 Å². The summed E-state index contributed by atoms with van der Waals surface area (Å²) in [4.78, 5) is 159. The van der Waals surface area contributed by atoms with Crippen molar-refractivity contribution in [2.45, 2.75) is 285 Å². The first-order valence-corrected chi connectivity index (χ1v) is 45.1. The fraction of sp³-hybridized carbons (Fsp3) is 0.495. The Bertz CT molecular complexity index is 4070. The van der Waals surface area contributed by atoms with Gasteiger partial charge in [-0.1, -0.05) is 312 Å². The Kier molecular flexibility index (Phi) is 46.7. The number of hydrogen-bond donors (Lipinski definition) is 6. The van der Waals surface area contributed by atoms with Crippen LogP contribution in [0.2, 0.25) is 0 Å². The van der Waals surface area contributed by atoms with E-state index in [1.54, 1.807) is 48.5 Å². The summed E-state index contributed by atoms with van der Waals surface area (Å²) in [6.07, 6.45) is 43.4. The van der Waals surface area contributed by atoms with E-state index in [0.29, 0.717) is 25.7 Å². The molecule has 3 aromatic heterocycles. The second-order valence-electron chi connectivity index (χ2n) is 31.2. The number of unbranched alkanes of at least 4 members (excludes halogenated alkanes) is 36. The van der Waals surface area contributed by atoms with Gasteiger partial charge in [-0.2, -0.15) is 0 Å². The largest absolute Gasteiger partial charge is 0.462 e. The van der Waals surface area contributed by atoms with Gasteiger partial charge in [0.25, 0.3) is 35.4 Å². The second-order valence-corrected chi connectivity index (χ2v) is 31.2. The van der Waals surface area contributed by atoms with Gasteiger partial charge in [0.05, 0.1) is 71.4 Å². The number of ether oxygens (including phenoxy) is 4. The van der Waals surface area contributed by atoms with Crippen LogP contribution in [0.25, 0.3) is 10.4 Å². The molecule has 0 bridgehead atoms. The van der Waals surface area contributed by atoms with Gasteiger partial charge in [0.1, 0.15) is 34.2 Å². The van der Waals surface area contributed by atoms with E-state index in [1.807, 2.05) is 0 Å². The van der Waals surface area contributed by atoms with Crippen molar-refractivity contribution in [2.24, 2.45) is 5.11 Å². The highest BCUT2D eigenvalue weighted by atomic mass is 16.5. The molecule has 123 heavy (non-hydrogen) atoms. The van der Waals surface area contributed by atoms with Crippen molar-refractivity contribution in [1.82, 2.24) is 15.0 Å². The van der Waals surface area contributed by atoms with Crippen LogP contribution in [0.5, 0.6) is 0 Å². The predicted octanol–water partition coefficient (Wildman–Crippen LogP) is 24.6. The van der Waals surface area contributed by atoms with Crippen LogP contribution < -0.4 is 31.9 Å². The number of anilines is 6. The van der Waals surface area contributed by atoms with Crippen molar-refractivity contribution >= 4 is 99.1 Å². The normalized spacial score (nSPS) is 10.9. The van der Waals surface area contributed by atoms with Crippen LogP contribution in [0.15, 0.2) is 139 Å². The molecule has 6 N–H and O–H groups in total. The van der Waals surface area contributed by atoms with Crippen LogP contribution in [0.1, 0.15) is 389 Å². The highest BCUT2D eigenvalue weighted by Gasteiger charge is 2.26. The standard InChI is InChI=1S/C97H128N12O14/c1-5-9-13-17-21-25-29-33-37-49-61-120-94(116)74-53-41-45-57-78(74)104-90(112)82-65-71(66-83(101-82)91(113)105-79-58-46-42-54-75(79)95(117)121-62-50-38-34-30-26-22-18-14-10-6-2)99-88(110)86-69-73(108-109-98)70-87(103-86)89(111)100-72-67-84(92(114)106-80-59-47-43-55-76(80)96(118)122-63-51-39-35-31-27-23-19-15-11-7-3)102-85(68-72)93(115)107-81-60-48-44-56-77(81)97(119)123-64-52-40-36-32-28-24-20-16-12-8-4/h41-48,53-60,65-70H,5-40,49-52,61-64H2,1-4H3,(H,104,112)(H,105,113)(H,106,114)(H,107,115)(H,99,101,110)(H,100,102,111). The van der Waals surface area contributed by atoms with Crippen LogP contribution in [0.3, 0.4) is 0 Å². The molecule has 26 nitrogen and oxygen atoms in total. The summed E-state index contributed by atoms with van der Waals surface area (Å²) < 4.78 is 22.7. The number of benzene rings is 4. The van der Waals surface area contributed by atoms with Crippen molar-refractivity contribution in [3.05, 3.63) is 200 Å². The third-order valence-corrected chi connectivity index (χ3v) is 21.0. The molecule has 0 aliphatic heterocycles. The number of rotatable bonds is 61. The number of azide groups is 1. The molecule has 3 heterocycles. The van der Waals surface area contributed by atoms with Crippen molar-refractivity contribution in [3.63, 3.8) is 0 Å².